The summed E-state index contributed by atoms with van der Waals surface area (Å²) < 4.78 is 5.64. The Bertz CT molecular complexity index is 1320. The number of nitrogens with zero attached hydrogens (tertiary/aromatic N) is 7. The molecule has 3 rings (SSSR count). The summed E-state index contributed by atoms with van der Waals surface area (Å²) in [5, 5.41) is 0. The summed E-state index contributed by atoms with van der Waals surface area (Å²) in [7, 11) is 17.2. The van der Waals surface area contributed by atoms with Crippen LogP contribution in [0, 0.1) is 13.8 Å². The number of quaternary nitrogens is 3. The maximum atomic E-state index is 13.5. The number of hydrogen-bond acceptors (Lipinski definition) is 4. The van der Waals surface area contributed by atoms with Crippen LogP contribution in [0.2, 0.25) is 0 Å². The molecule has 2 heterocycles. The van der Waals surface area contributed by atoms with Gasteiger partial charge in [-0.15, -0.1) is 0 Å². The van der Waals surface area contributed by atoms with Gasteiger partial charge in [0.2, 0.25) is 0 Å². The summed E-state index contributed by atoms with van der Waals surface area (Å²) in [6, 6.07) is 4.12. The molecule has 1 aromatic carbocycles. The van der Waals surface area contributed by atoms with E-state index in [9.17, 15) is 9.59 Å². The topological polar surface area (TPSA) is 69.8 Å². The van der Waals surface area contributed by atoms with Gasteiger partial charge in [-0.25, -0.2) is 9.78 Å². The van der Waals surface area contributed by atoms with Crippen molar-refractivity contribution < 1.29 is 64.4 Å². The third-order valence-electron chi connectivity index (χ3n) is 6.76. The molecule has 0 aromatic heterocycles. The lowest BCUT2D eigenvalue weighted by Gasteiger charge is -2.34. The van der Waals surface area contributed by atoms with E-state index >= 15 is 0 Å². The van der Waals surface area contributed by atoms with Gasteiger partial charge in [0.1, 0.15) is 13.1 Å². The predicted molar refractivity (Wildman–Crippen MR) is 142 cm³/mol. The second kappa shape index (κ2) is 13.5. The Hall–Kier alpha value is -1.18. The fourth-order valence-corrected chi connectivity index (χ4v) is 4.00. The van der Waals surface area contributed by atoms with Crippen LogP contribution in [-0.2, 0) is 13.1 Å². The number of likely N-dealkylation sites (N-methyl/N-ethyl adjacent to an activating group) is 3. The summed E-state index contributed by atoms with van der Waals surface area (Å²) in [4.78, 5) is 35.6. The molecule has 0 unspecified atom stereocenters. The second-order valence-corrected chi connectivity index (χ2v) is 12.6. The maximum absolute atomic E-state index is 13.5. The van der Waals surface area contributed by atoms with Gasteiger partial charge in [-0.05, 0) is 37.1 Å². The molecule has 38 heavy (non-hydrogen) atoms. The van der Waals surface area contributed by atoms with Crippen molar-refractivity contribution in [3.05, 3.63) is 44.1 Å². The molecule has 0 saturated heterocycles. The van der Waals surface area contributed by atoms with E-state index in [4.69, 9.17) is 4.98 Å². The molecule has 0 fully saturated rings. The lowest BCUT2D eigenvalue weighted by atomic mass is 10.1. The molecule has 216 valence electrons. The van der Waals surface area contributed by atoms with Gasteiger partial charge in [-0.3, -0.25) is 9.36 Å². The number of fused-ring (bicyclic) bond motifs is 2. The van der Waals surface area contributed by atoms with E-state index in [0.717, 1.165) is 50.8 Å². The highest BCUT2D eigenvalue weighted by molar-refractivity contribution is 5.81. The molecular formula is C26H44Br3N7O2. The molecule has 0 atom stereocenters. The fraction of sp³-hybridized carbons (Fsp3) is 0.615. The molecule has 2 aliphatic rings. The quantitative estimate of drug-likeness (QED) is 0.163. The summed E-state index contributed by atoms with van der Waals surface area (Å²) in [5.74, 6) is 0.379. The zero-order valence-corrected chi connectivity index (χ0v) is 29.2. The Balaban J connectivity index is 0.00000456. The Kier molecular flexibility index (Phi) is 13.0. The van der Waals surface area contributed by atoms with Crippen LogP contribution in [0.4, 0.5) is 0 Å². The van der Waals surface area contributed by atoms with Gasteiger partial charge in [0.05, 0.1) is 93.6 Å². The van der Waals surface area contributed by atoms with Gasteiger partial charge < -0.3 is 69.0 Å². The van der Waals surface area contributed by atoms with Crippen molar-refractivity contribution in [3.63, 3.8) is 0 Å². The monoisotopic (exact) mass is 723 g/mol. The third kappa shape index (κ3) is 9.19. The van der Waals surface area contributed by atoms with Crippen LogP contribution in [-0.4, -0.2) is 115 Å². The highest BCUT2D eigenvalue weighted by atomic mass is 79.9. The van der Waals surface area contributed by atoms with E-state index in [2.05, 4.69) is 53.2 Å². The van der Waals surface area contributed by atoms with Crippen molar-refractivity contribution in [2.45, 2.75) is 26.9 Å². The van der Waals surface area contributed by atoms with Crippen LogP contribution in [0.3, 0.4) is 0 Å². The molecule has 0 bridgehead atoms. The molecule has 1 aromatic rings. The molecule has 0 saturated carbocycles. The van der Waals surface area contributed by atoms with E-state index in [1.807, 2.05) is 38.7 Å². The van der Waals surface area contributed by atoms with Crippen LogP contribution in [0.25, 0.3) is 22.6 Å². The summed E-state index contributed by atoms with van der Waals surface area (Å²) in [6.07, 6.45) is 0. The summed E-state index contributed by atoms with van der Waals surface area (Å²) >= 11 is 0. The van der Waals surface area contributed by atoms with Gasteiger partial charge >= 0.3 is 5.69 Å². The Morgan fingerprint density at radius 1 is 0.684 bits per heavy atom. The molecule has 0 spiro atoms. The minimum absolute atomic E-state index is 0. The largest absolute Gasteiger partial charge is 1.00 e. The SMILES string of the molecule is Cc1cc2nc3c(=O)n(CC[N+](C)(C)C)c(=O)nc-3n(CC[N+](C)(C)CC[N+](C)(C)C)c2cc1C.[Br-].[Br-].[Br-]. The number of rotatable bonds is 9. The van der Waals surface area contributed by atoms with Crippen molar-refractivity contribution in [1.29, 1.82) is 0 Å². The Labute approximate surface area is 258 Å². The molecule has 2 aliphatic heterocycles. The Morgan fingerprint density at radius 2 is 1.21 bits per heavy atom. The predicted octanol–water partition coefficient (Wildman–Crippen LogP) is -7.82. The standard InChI is InChI=1S/C26H44N7O2.3BrH/c1-19-17-21-22(18-20(19)2)29(12-14-33(9,10)16-15-32(6,7)8)24-23(27-21)25(34)30(26(35)28-24)11-13-31(3,4)5;;;/h17-18H,11-16H2,1-10H3;3*1H/q+3;;;/p-3. The second-order valence-electron chi connectivity index (χ2n) is 12.6. The zero-order valence-electron chi connectivity index (χ0n) is 24.5. The van der Waals surface area contributed by atoms with Crippen molar-refractivity contribution >= 4 is 11.0 Å². The van der Waals surface area contributed by atoms with Gasteiger partial charge in [0.15, 0.2) is 11.5 Å². The van der Waals surface area contributed by atoms with Gasteiger partial charge in [0, 0.05) is 0 Å². The number of benzene rings is 1. The summed E-state index contributed by atoms with van der Waals surface area (Å²) in [6.45, 7) is 8.62. The lowest BCUT2D eigenvalue weighted by molar-refractivity contribution is -0.937. The average Bonchev–Trinajstić information content (AvgIpc) is 2.70. The number of hydrogen-bond donors (Lipinski definition) is 0. The summed E-state index contributed by atoms with van der Waals surface area (Å²) in [5.41, 5.74) is 3.32. The molecule has 12 heteroatoms. The molecule has 9 nitrogen and oxygen atoms in total. The fourth-order valence-electron chi connectivity index (χ4n) is 4.00. The van der Waals surface area contributed by atoms with Crippen LogP contribution >= 0.6 is 0 Å². The number of aromatic nitrogens is 4. The van der Waals surface area contributed by atoms with Crippen LogP contribution in [0.5, 0.6) is 0 Å². The van der Waals surface area contributed by atoms with Crippen molar-refractivity contribution in [1.82, 2.24) is 19.1 Å². The molecule has 0 aliphatic carbocycles. The van der Waals surface area contributed by atoms with Crippen LogP contribution in [0.15, 0.2) is 21.7 Å². The van der Waals surface area contributed by atoms with Crippen molar-refractivity contribution in [2.24, 2.45) is 0 Å². The highest BCUT2D eigenvalue weighted by Crippen LogP contribution is 2.24. The lowest BCUT2D eigenvalue weighted by Crippen LogP contribution is -3.00. The van der Waals surface area contributed by atoms with Crippen molar-refractivity contribution in [3.8, 4) is 11.5 Å². The first-order chi connectivity index (χ1) is 16.0. The number of halogens is 3. The van der Waals surface area contributed by atoms with E-state index in [1.165, 1.54) is 4.57 Å². The molecule has 0 amide bonds. The minimum Gasteiger partial charge on any atom is -1.00 e. The maximum Gasteiger partial charge on any atom is 0.352 e. The van der Waals surface area contributed by atoms with Crippen LogP contribution in [0.1, 0.15) is 11.1 Å². The zero-order chi connectivity index (χ0) is 26.3. The normalized spacial score (nSPS) is 12.2. The molecule has 0 N–H and O–H groups in total. The molecular weight excluding hydrogens is 682 g/mol. The van der Waals surface area contributed by atoms with E-state index in [-0.39, 0.29) is 62.2 Å². The van der Waals surface area contributed by atoms with Gasteiger partial charge in [0.25, 0.3) is 5.56 Å². The Morgan fingerprint density at radius 3 is 1.76 bits per heavy atom. The smallest absolute Gasteiger partial charge is 0.352 e. The van der Waals surface area contributed by atoms with Crippen molar-refractivity contribution in [2.75, 3.05) is 82.6 Å². The van der Waals surface area contributed by atoms with E-state index in [1.54, 1.807) is 0 Å². The first-order valence-corrected chi connectivity index (χ1v) is 12.3. The minimum atomic E-state index is -0.506. The van der Waals surface area contributed by atoms with E-state index < -0.39 is 5.69 Å². The average molecular weight is 726 g/mol. The van der Waals surface area contributed by atoms with Crippen LogP contribution < -0.4 is 62.2 Å². The first-order valence-electron chi connectivity index (χ1n) is 12.3. The van der Waals surface area contributed by atoms with E-state index in [0.29, 0.717) is 29.9 Å². The first kappa shape index (κ1) is 36.8. The highest BCUT2D eigenvalue weighted by Gasteiger charge is 2.25. The third-order valence-corrected chi connectivity index (χ3v) is 6.76. The number of aryl methyl sites for hydroxylation is 2. The van der Waals surface area contributed by atoms with Gasteiger partial charge in [-0.1, -0.05) is 0 Å². The molecule has 0 radical (unpaired) electrons. The van der Waals surface area contributed by atoms with Gasteiger partial charge in [-0.2, -0.15) is 4.98 Å².